The van der Waals surface area contributed by atoms with Gasteiger partial charge in [-0.15, -0.1) is 0 Å². The summed E-state index contributed by atoms with van der Waals surface area (Å²) in [7, 11) is 0. The zero-order valence-corrected chi connectivity index (χ0v) is 14.5. The third-order valence-corrected chi connectivity index (χ3v) is 5.30. The summed E-state index contributed by atoms with van der Waals surface area (Å²) in [4.78, 5) is 12.5. The van der Waals surface area contributed by atoms with Crippen LogP contribution in [0.25, 0.3) is 0 Å². The second-order valence-electron chi connectivity index (χ2n) is 6.95. The molecule has 0 unspecified atom stereocenters. The van der Waals surface area contributed by atoms with Crippen LogP contribution in [-0.4, -0.2) is 5.91 Å². The third kappa shape index (κ3) is 4.59. The zero-order valence-electron chi connectivity index (χ0n) is 14.5. The monoisotopic (exact) mass is 301 g/mol. The fourth-order valence-corrected chi connectivity index (χ4v) is 3.52. The van der Waals surface area contributed by atoms with E-state index in [9.17, 15) is 4.79 Å². The Bertz CT molecular complexity index is 486. The fourth-order valence-electron chi connectivity index (χ4n) is 3.52. The molecule has 0 aliphatic heterocycles. The van der Waals surface area contributed by atoms with Crippen LogP contribution in [0.3, 0.4) is 0 Å². The molecule has 1 N–H and O–H groups in total. The topological polar surface area (TPSA) is 29.1 Å². The summed E-state index contributed by atoms with van der Waals surface area (Å²) in [5.41, 5.74) is 3.40. The molecule has 1 aliphatic carbocycles. The van der Waals surface area contributed by atoms with E-state index in [1.807, 2.05) is 12.1 Å². The van der Waals surface area contributed by atoms with Crippen LogP contribution in [0.4, 0.5) is 5.69 Å². The predicted octanol–water partition coefficient (Wildman–Crippen LogP) is 5.63. The molecule has 1 aliphatic rings. The number of anilines is 1. The summed E-state index contributed by atoms with van der Waals surface area (Å²) in [6.45, 7) is 6.43. The summed E-state index contributed by atoms with van der Waals surface area (Å²) in [6.07, 6.45) is 9.96. The largest absolute Gasteiger partial charge is 0.326 e. The lowest BCUT2D eigenvalue weighted by Crippen LogP contribution is -2.27. The van der Waals surface area contributed by atoms with Crippen molar-refractivity contribution in [2.45, 2.75) is 72.1 Å². The highest BCUT2D eigenvalue weighted by atomic mass is 16.1. The number of unbranched alkanes of at least 4 members (excludes halogenated alkanes) is 2. The Balaban J connectivity index is 1.81. The fraction of sp³-hybridized carbons (Fsp3) is 0.650. The summed E-state index contributed by atoms with van der Waals surface area (Å²) in [5, 5.41) is 3.15. The number of benzene rings is 1. The van der Waals surface area contributed by atoms with Gasteiger partial charge < -0.3 is 5.32 Å². The van der Waals surface area contributed by atoms with Crippen molar-refractivity contribution in [2.24, 2.45) is 11.8 Å². The summed E-state index contributed by atoms with van der Waals surface area (Å²) in [6, 6.07) is 6.12. The van der Waals surface area contributed by atoms with Gasteiger partial charge in [0.25, 0.3) is 0 Å². The highest BCUT2D eigenvalue weighted by Gasteiger charge is 2.26. The van der Waals surface area contributed by atoms with Crippen LogP contribution >= 0.6 is 0 Å². The van der Waals surface area contributed by atoms with E-state index in [0.29, 0.717) is 0 Å². The number of rotatable bonds is 6. The first-order valence-electron chi connectivity index (χ1n) is 8.99. The van der Waals surface area contributed by atoms with Gasteiger partial charge in [0.15, 0.2) is 0 Å². The average molecular weight is 301 g/mol. The van der Waals surface area contributed by atoms with Crippen molar-refractivity contribution in [1.82, 2.24) is 0 Å². The Kier molecular flexibility index (Phi) is 6.48. The Morgan fingerprint density at radius 2 is 1.86 bits per heavy atom. The van der Waals surface area contributed by atoms with Crippen molar-refractivity contribution in [3.63, 3.8) is 0 Å². The van der Waals surface area contributed by atoms with Gasteiger partial charge in [0.2, 0.25) is 5.91 Å². The van der Waals surface area contributed by atoms with E-state index in [-0.39, 0.29) is 11.8 Å². The molecule has 2 heteroatoms. The maximum Gasteiger partial charge on any atom is 0.227 e. The molecule has 1 amide bonds. The van der Waals surface area contributed by atoms with Gasteiger partial charge in [-0.2, -0.15) is 0 Å². The SMILES string of the molecule is CCCCCC1CCC(C(=O)Nc2cccc(C)c2C)CC1. The van der Waals surface area contributed by atoms with Crippen molar-refractivity contribution in [2.75, 3.05) is 5.32 Å². The molecule has 122 valence electrons. The van der Waals surface area contributed by atoms with Crippen LogP contribution in [-0.2, 0) is 4.79 Å². The van der Waals surface area contributed by atoms with Gasteiger partial charge in [-0.3, -0.25) is 4.79 Å². The van der Waals surface area contributed by atoms with Crippen LogP contribution in [0.5, 0.6) is 0 Å². The molecule has 1 aromatic rings. The first-order chi connectivity index (χ1) is 10.6. The van der Waals surface area contributed by atoms with Crippen LogP contribution in [0.2, 0.25) is 0 Å². The molecule has 0 saturated heterocycles. The van der Waals surface area contributed by atoms with Crippen LogP contribution in [0, 0.1) is 25.7 Å². The van der Waals surface area contributed by atoms with E-state index >= 15 is 0 Å². The number of carbonyl (C=O) groups is 1. The predicted molar refractivity (Wildman–Crippen MR) is 94.1 cm³/mol. The Labute approximate surface area is 135 Å². The number of carbonyl (C=O) groups excluding carboxylic acids is 1. The van der Waals surface area contributed by atoms with Gasteiger partial charge in [-0.1, -0.05) is 44.7 Å². The molecule has 22 heavy (non-hydrogen) atoms. The molecule has 0 atom stereocenters. The lowest BCUT2D eigenvalue weighted by atomic mass is 9.79. The molecule has 0 bridgehead atoms. The second kappa shape index (κ2) is 8.36. The first kappa shape index (κ1) is 17.1. The summed E-state index contributed by atoms with van der Waals surface area (Å²) in [5.74, 6) is 1.29. The molecular formula is C20H31NO. The molecule has 0 spiro atoms. The average Bonchev–Trinajstić information content (AvgIpc) is 2.53. The minimum Gasteiger partial charge on any atom is -0.326 e. The standard InChI is InChI=1S/C20H31NO/c1-4-5-6-9-17-11-13-18(14-12-17)20(22)21-19-10-7-8-15(2)16(19)3/h7-8,10,17-18H,4-6,9,11-14H2,1-3H3,(H,21,22). The number of amides is 1. The van der Waals surface area contributed by atoms with Gasteiger partial charge in [0, 0.05) is 11.6 Å². The van der Waals surface area contributed by atoms with Gasteiger partial charge in [0.1, 0.15) is 0 Å². The van der Waals surface area contributed by atoms with Gasteiger partial charge in [0.05, 0.1) is 0 Å². The molecule has 1 aromatic carbocycles. The van der Waals surface area contributed by atoms with Crippen molar-refractivity contribution in [3.05, 3.63) is 29.3 Å². The van der Waals surface area contributed by atoms with Gasteiger partial charge in [-0.05, 0) is 62.6 Å². The van der Waals surface area contributed by atoms with Gasteiger partial charge >= 0.3 is 0 Å². The molecule has 2 nitrogen and oxygen atoms in total. The van der Waals surface area contributed by atoms with E-state index in [1.54, 1.807) is 0 Å². The molecule has 1 saturated carbocycles. The van der Waals surface area contributed by atoms with Crippen molar-refractivity contribution in [1.29, 1.82) is 0 Å². The van der Waals surface area contributed by atoms with Crippen molar-refractivity contribution < 1.29 is 4.79 Å². The lowest BCUT2D eigenvalue weighted by molar-refractivity contribution is -0.121. The summed E-state index contributed by atoms with van der Waals surface area (Å²) < 4.78 is 0. The second-order valence-corrected chi connectivity index (χ2v) is 6.95. The quantitative estimate of drug-likeness (QED) is 0.678. The summed E-state index contributed by atoms with van der Waals surface area (Å²) >= 11 is 0. The molecular weight excluding hydrogens is 270 g/mol. The molecule has 1 fully saturated rings. The van der Waals surface area contributed by atoms with Gasteiger partial charge in [-0.25, -0.2) is 0 Å². The van der Waals surface area contributed by atoms with E-state index in [0.717, 1.165) is 24.4 Å². The van der Waals surface area contributed by atoms with E-state index < -0.39 is 0 Å². The first-order valence-corrected chi connectivity index (χ1v) is 8.99. The number of aryl methyl sites for hydroxylation is 1. The van der Waals surface area contributed by atoms with E-state index in [4.69, 9.17) is 0 Å². The minimum absolute atomic E-state index is 0.210. The maximum atomic E-state index is 12.5. The maximum absolute atomic E-state index is 12.5. The van der Waals surface area contributed by atoms with Crippen molar-refractivity contribution >= 4 is 11.6 Å². The Hall–Kier alpha value is -1.31. The number of hydrogen-bond donors (Lipinski definition) is 1. The Morgan fingerprint density at radius 3 is 2.55 bits per heavy atom. The minimum atomic E-state index is 0.210. The molecule has 0 heterocycles. The van der Waals surface area contributed by atoms with Crippen molar-refractivity contribution in [3.8, 4) is 0 Å². The highest BCUT2D eigenvalue weighted by Crippen LogP contribution is 2.33. The number of nitrogens with one attached hydrogen (secondary N) is 1. The van der Waals surface area contributed by atoms with E-state index in [1.165, 1.54) is 49.7 Å². The number of hydrogen-bond acceptors (Lipinski definition) is 1. The molecule has 2 rings (SSSR count). The normalized spacial score (nSPS) is 21.6. The molecule has 0 radical (unpaired) electrons. The zero-order chi connectivity index (χ0) is 15.9. The lowest BCUT2D eigenvalue weighted by Gasteiger charge is -2.28. The highest BCUT2D eigenvalue weighted by molar-refractivity contribution is 5.93. The molecule has 0 aromatic heterocycles. The van der Waals surface area contributed by atoms with Crippen LogP contribution < -0.4 is 5.32 Å². The third-order valence-electron chi connectivity index (χ3n) is 5.30. The van der Waals surface area contributed by atoms with Crippen LogP contribution in [0.1, 0.15) is 69.4 Å². The Morgan fingerprint density at radius 1 is 1.14 bits per heavy atom. The van der Waals surface area contributed by atoms with Crippen LogP contribution in [0.15, 0.2) is 18.2 Å². The van der Waals surface area contributed by atoms with E-state index in [2.05, 4.69) is 32.2 Å². The smallest absolute Gasteiger partial charge is 0.227 e.